The highest BCUT2D eigenvalue weighted by Crippen LogP contribution is 2.33. The van der Waals surface area contributed by atoms with E-state index in [2.05, 4.69) is 29.2 Å². The fraction of sp³-hybridized carbons (Fsp3) is 0.200. The molecule has 21 heavy (non-hydrogen) atoms. The van der Waals surface area contributed by atoms with Gasteiger partial charge in [0.2, 0.25) is 0 Å². The predicted molar refractivity (Wildman–Crippen MR) is 100 cm³/mol. The van der Waals surface area contributed by atoms with Gasteiger partial charge < -0.3 is 4.74 Å². The Hall–Kier alpha value is -0.860. The maximum Gasteiger partial charge on any atom is 0.266 e. The monoisotopic (exact) mass is 431 g/mol. The minimum Gasteiger partial charge on any atom is -0.488 e. The third-order valence-corrected chi connectivity index (χ3v) is 5.02. The van der Waals surface area contributed by atoms with Crippen LogP contribution in [0, 0.1) is 3.57 Å². The summed E-state index contributed by atoms with van der Waals surface area (Å²) in [7, 11) is 0. The number of halogens is 1. The molecule has 0 N–H and O–H groups in total. The van der Waals surface area contributed by atoms with Crippen LogP contribution in [0.4, 0.5) is 0 Å². The van der Waals surface area contributed by atoms with Gasteiger partial charge in [-0.25, -0.2) is 0 Å². The van der Waals surface area contributed by atoms with Crippen LogP contribution in [0.3, 0.4) is 0 Å². The molecular formula is C15H14INO2S2. The number of ether oxygens (including phenoxy) is 1. The first-order valence-corrected chi connectivity index (χ1v) is 8.65. The number of benzene rings is 1. The fourth-order valence-electron chi connectivity index (χ4n) is 1.80. The Morgan fingerprint density at radius 1 is 1.52 bits per heavy atom. The molecule has 0 spiro atoms. The highest BCUT2D eigenvalue weighted by Gasteiger charge is 2.30. The Morgan fingerprint density at radius 2 is 2.29 bits per heavy atom. The van der Waals surface area contributed by atoms with Gasteiger partial charge in [0.15, 0.2) is 0 Å². The van der Waals surface area contributed by atoms with Gasteiger partial charge in [0, 0.05) is 6.54 Å². The average molecular weight is 431 g/mol. The van der Waals surface area contributed by atoms with E-state index in [9.17, 15) is 4.79 Å². The van der Waals surface area contributed by atoms with E-state index in [4.69, 9.17) is 17.0 Å². The maximum absolute atomic E-state index is 12.2. The Balaban J connectivity index is 2.22. The number of hydrogen-bond donors (Lipinski definition) is 0. The Labute approximate surface area is 147 Å². The number of amides is 1. The lowest BCUT2D eigenvalue weighted by molar-refractivity contribution is -0.121. The number of thioether (sulfide) groups is 1. The van der Waals surface area contributed by atoms with Crippen molar-refractivity contribution in [1.82, 2.24) is 4.90 Å². The number of hydrogen-bond acceptors (Lipinski definition) is 4. The summed E-state index contributed by atoms with van der Waals surface area (Å²) in [5.41, 5.74) is 0.960. The van der Waals surface area contributed by atoms with E-state index in [1.54, 1.807) is 11.0 Å². The molecule has 1 fully saturated rings. The number of nitrogens with zero attached hydrogens (tertiary/aromatic N) is 1. The van der Waals surface area contributed by atoms with E-state index in [0.717, 1.165) is 14.9 Å². The topological polar surface area (TPSA) is 29.5 Å². The van der Waals surface area contributed by atoms with Crippen LogP contribution in [0.15, 0.2) is 35.8 Å². The second-order valence-corrected chi connectivity index (χ2v) is 7.05. The van der Waals surface area contributed by atoms with Crippen molar-refractivity contribution in [2.45, 2.75) is 6.92 Å². The maximum atomic E-state index is 12.2. The molecule has 1 aromatic carbocycles. The molecule has 1 amide bonds. The van der Waals surface area contributed by atoms with Gasteiger partial charge in [-0.3, -0.25) is 9.69 Å². The van der Waals surface area contributed by atoms with Gasteiger partial charge in [0.25, 0.3) is 5.91 Å². The zero-order chi connectivity index (χ0) is 15.4. The fourth-order valence-corrected chi connectivity index (χ4v) is 3.88. The largest absolute Gasteiger partial charge is 0.488 e. The molecule has 0 bridgehead atoms. The van der Waals surface area contributed by atoms with Gasteiger partial charge in [-0.05, 0) is 53.3 Å². The second-order valence-electron chi connectivity index (χ2n) is 4.22. The minimum atomic E-state index is -0.0190. The molecule has 0 aliphatic carbocycles. The summed E-state index contributed by atoms with van der Waals surface area (Å²) in [6.45, 7) is 6.63. The molecule has 1 aliphatic rings. The number of rotatable bonds is 5. The van der Waals surface area contributed by atoms with Gasteiger partial charge in [-0.2, -0.15) is 0 Å². The van der Waals surface area contributed by atoms with Gasteiger partial charge in [-0.15, -0.1) is 0 Å². The van der Waals surface area contributed by atoms with Crippen molar-refractivity contribution in [3.63, 3.8) is 0 Å². The van der Waals surface area contributed by atoms with Crippen molar-refractivity contribution >= 4 is 62.9 Å². The van der Waals surface area contributed by atoms with Crippen LogP contribution in [0.25, 0.3) is 6.08 Å². The number of carbonyl (C=O) groups is 1. The van der Waals surface area contributed by atoms with Crippen LogP contribution >= 0.6 is 46.6 Å². The molecule has 1 aromatic rings. The Kier molecular flexibility index (Phi) is 5.83. The van der Waals surface area contributed by atoms with Crippen molar-refractivity contribution in [3.8, 4) is 5.75 Å². The van der Waals surface area contributed by atoms with E-state index < -0.39 is 0 Å². The molecule has 3 nitrogen and oxygen atoms in total. The third-order valence-electron chi connectivity index (χ3n) is 2.80. The van der Waals surface area contributed by atoms with E-state index in [-0.39, 0.29) is 5.91 Å². The summed E-state index contributed by atoms with van der Waals surface area (Å²) in [5, 5.41) is 0. The predicted octanol–water partition coefficient (Wildman–Crippen LogP) is 4.08. The minimum absolute atomic E-state index is 0.0190. The molecule has 1 heterocycles. The van der Waals surface area contributed by atoms with Gasteiger partial charge in [0.1, 0.15) is 16.7 Å². The summed E-state index contributed by atoms with van der Waals surface area (Å²) in [4.78, 5) is 14.4. The first-order chi connectivity index (χ1) is 10.1. The van der Waals surface area contributed by atoms with Crippen LogP contribution in [0.2, 0.25) is 0 Å². The van der Waals surface area contributed by atoms with Gasteiger partial charge in [0.05, 0.1) is 8.48 Å². The van der Waals surface area contributed by atoms with Crippen molar-refractivity contribution in [2.24, 2.45) is 0 Å². The first-order valence-electron chi connectivity index (χ1n) is 6.35. The SMILES string of the molecule is C=CCOc1ccc(C=C2SC(=S)N(CC)C2=O)cc1I. The molecule has 0 radical (unpaired) electrons. The zero-order valence-electron chi connectivity index (χ0n) is 11.5. The Bertz CT molecular complexity index is 628. The molecule has 2 rings (SSSR count). The highest BCUT2D eigenvalue weighted by atomic mass is 127. The summed E-state index contributed by atoms with van der Waals surface area (Å²) in [6, 6.07) is 5.81. The van der Waals surface area contributed by atoms with Crippen LogP contribution in [-0.4, -0.2) is 28.3 Å². The molecule has 0 saturated carbocycles. The quantitative estimate of drug-likeness (QED) is 0.304. The highest BCUT2D eigenvalue weighted by molar-refractivity contribution is 14.1. The summed E-state index contributed by atoms with van der Waals surface area (Å²) >= 11 is 8.76. The smallest absolute Gasteiger partial charge is 0.266 e. The number of likely N-dealkylation sites (N-methyl/N-ethyl adjacent to an activating group) is 1. The molecule has 110 valence electrons. The number of thiocarbonyl (C=S) groups is 1. The standard InChI is InChI=1S/C15H14INO2S2/c1-3-7-19-12-6-5-10(8-11(12)16)9-13-14(18)17(4-2)15(20)21-13/h3,5-6,8-9H,1,4,7H2,2H3. The molecule has 6 heteroatoms. The third kappa shape index (κ3) is 3.87. The summed E-state index contributed by atoms with van der Waals surface area (Å²) in [6.07, 6.45) is 3.58. The molecule has 1 saturated heterocycles. The lowest BCUT2D eigenvalue weighted by Crippen LogP contribution is -2.27. The zero-order valence-corrected chi connectivity index (χ0v) is 15.3. The van der Waals surface area contributed by atoms with Gasteiger partial charge >= 0.3 is 0 Å². The van der Waals surface area contributed by atoms with Crippen molar-refractivity contribution < 1.29 is 9.53 Å². The van der Waals surface area contributed by atoms with Crippen molar-refractivity contribution in [3.05, 3.63) is 44.9 Å². The van der Waals surface area contributed by atoms with Gasteiger partial charge in [-0.1, -0.05) is 42.7 Å². The number of carbonyl (C=O) groups excluding carboxylic acids is 1. The van der Waals surface area contributed by atoms with Crippen LogP contribution in [0.1, 0.15) is 12.5 Å². The average Bonchev–Trinajstić information content (AvgIpc) is 2.72. The summed E-state index contributed by atoms with van der Waals surface area (Å²) < 4.78 is 7.15. The summed E-state index contributed by atoms with van der Waals surface area (Å²) in [5.74, 6) is 0.795. The lowest BCUT2D eigenvalue weighted by atomic mass is 10.2. The first kappa shape index (κ1) is 16.5. The lowest BCUT2D eigenvalue weighted by Gasteiger charge is -2.09. The molecule has 1 aliphatic heterocycles. The van der Waals surface area contributed by atoms with E-state index >= 15 is 0 Å². The van der Waals surface area contributed by atoms with Crippen LogP contribution in [0.5, 0.6) is 5.75 Å². The van der Waals surface area contributed by atoms with E-state index in [1.165, 1.54) is 11.8 Å². The van der Waals surface area contributed by atoms with Crippen LogP contribution in [-0.2, 0) is 4.79 Å². The van der Waals surface area contributed by atoms with Crippen molar-refractivity contribution in [2.75, 3.05) is 13.2 Å². The Morgan fingerprint density at radius 3 is 2.86 bits per heavy atom. The molecule has 0 unspecified atom stereocenters. The van der Waals surface area contributed by atoms with Crippen LogP contribution < -0.4 is 4.74 Å². The second kappa shape index (κ2) is 7.42. The van der Waals surface area contributed by atoms with E-state index in [0.29, 0.717) is 22.4 Å². The molecule has 0 atom stereocenters. The normalized spacial score (nSPS) is 16.7. The molecule has 0 aromatic heterocycles. The molecular weight excluding hydrogens is 417 g/mol. The van der Waals surface area contributed by atoms with E-state index in [1.807, 2.05) is 31.2 Å². The van der Waals surface area contributed by atoms with Crippen molar-refractivity contribution in [1.29, 1.82) is 0 Å².